The average molecular weight is 479 g/mol. The topological polar surface area (TPSA) is 87.2 Å². The normalized spacial score (nSPS) is 32.0. The zero-order chi connectivity index (χ0) is 24.2. The fourth-order valence-corrected chi connectivity index (χ4v) is 8.28. The van der Waals surface area contributed by atoms with Crippen molar-refractivity contribution in [2.75, 3.05) is 32.8 Å². The van der Waals surface area contributed by atoms with Crippen LogP contribution in [0.1, 0.15) is 46.0 Å². The van der Waals surface area contributed by atoms with Crippen LogP contribution in [-0.4, -0.2) is 81.6 Å². The molecule has 0 aliphatic carbocycles. The van der Waals surface area contributed by atoms with Crippen molar-refractivity contribution in [3.05, 3.63) is 25.3 Å². The maximum Gasteiger partial charge on any atom is 0.310 e. The number of allylic oxidation sites excluding steroid dienone is 1. The number of carbonyl (C=O) groups excluding carboxylic acids is 3. The summed E-state index contributed by atoms with van der Waals surface area (Å²) in [6.45, 7) is 12.8. The molecule has 0 aromatic rings. The van der Waals surface area contributed by atoms with Gasteiger partial charge < -0.3 is 19.6 Å². The van der Waals surface area contributed by atoms with Crippen LogP contribution in [0.3, 0.4) is 0 Å². The number of likely N-dealkylation sites (tertiary alicyclic amines) is 1. The van der Waals surface area contributed by atoms with Gasteiger partial charge >= 0.3 is 5.97 Å². The van der Waals surface area contributed by atoms with E-state index in [1.165, 1.54) is 4.90 Å². The first-order chi connectivity index (χ1) is 15.9. The third kappa shape index (κ3) is 4.48. The first-order valence-corrected chi connectivity index (χ1v) is 13.0. The lowest BCUT2D eigenvalue weighted by molar-refractivity contribution is -0.154. The molecule has 0 aromatic heterocycles. The van der Waals surface area contributed by atoms with Crippen molar-refractivity contribution in [3.63, 3.8) is 0 Å². The summed E-state index contributed by atoms with van der Waals surface area (Å²) in [5.74, 6) is -1.70. The van der Waals surface area contributed by atoms with Crippen LogP contribution in [0, 0.1) is 17.8 Å². The quantitative estimate of drug-likeness (QED) is 0.249. The second-order valence-electron chi connectivity index (χ2n) is 9.33. The van der Waals surface area contributed by atoms with E-state index in [1.54, 1.807) is 28.8 Å². The lowest BCUT2D eigenvalue weighted by atomic mass is 9.66. The summed E-state index contributed by atoms with van der Waals surface area (Å²) in [5.41, 5.74) is 0. The molecule has 33 heavy (non-hydrogen) atoms. The molecule has 3 saturated heterocycles. The minimum atomic E-state index is -0.692. The number of β-amino-alcohol motifs (C(OH)–C–C–N with tert-alkyl or cyclic N) is 1. The Morgan fingerprint density at radius 1 is 1.33 bits per heavy atom. The highest BCUT2D eigenvalue weighted by Crippen LogP contribution is 2.68. The van der Waals surface area contributed by atoms with Crippen LogP contribution in [0.4, 0.5) is 0 Å². The van der Waals surface area contributed by atoms with Crippen molar-refractivity contribution >= 4 is 29.5 Å². The zero-order valence-electron chi connectivity index (χ0n) is 19.9. The number of fused-ring (bicyclic) bond motifs is 1. The Morgan fingerprint density at radius 3 is 2.73 bits per heavy atom. The van der Waals surface area contributed by atoms with Crippen molar-refractivity contribution in [2.24, 2.45) is 17.8 Å². The number of hydrogen-bond acceptors (Lipinski definition) is 6. The molecule has 0 saturated carbocycles. The number of rotatable bonds is 13. The summed E-state index contributed by atoms with van der Waals surface area (Å²) in [7, 11) is 0. The SMILES string of the molecule is C=CCCCOC(=O)[C@@H]1[C@@H]2CC(C)C3(S2)C(C(=O)N(CC=C)CCCC)N(CCO)C(=O)[C@H]13. The second-order valence-corrected chi connectivity index (χ2v) is 10.9. The standard InChI is InChI=1S/C25H38N2O5S/c1-5-8-10-15-32-24(31)19-18-16-17(4)25(33-18)20(19)22(29)27(13-14-28)21(25)23(30)26(11-7-3)12-9-6-2/h5,7,17-21,28H,1,3,6,8-16H2,2,4H3/t17?,18-,19+,20-,21?,25?/m0/s1. The Hall–Kier alpha value is -1.80. The molecule has 6 atom stereocenters. The highest BCUT2D eigenvalue weighted by molar-refractivity contribution is 8.02. The third-order valence-corrected chi connectivity index (χ3v) is 9.41. The molecule has 3 heterocycles. The van der Waals surface area contributed by atoms with Gasteiger partial charge in [0.25, 0.3) is 0 Å². The van der Waals surface area contributed by atoms with Crippen molar-refractivity contribution in [3.8, 4) is 0 Å². The largest absolute Gasteiger partial charge is 0.465 e. The molecule has 3 fully saturated rings. The smallest absolute Gasteiger partial charge is 0.310 e. The van der Waals surface area contributed by atoms with Gasteiger partial charge in [0.2, 0.25) is 11.8 Å². The number of amides is 2. The molecule has 2 amide bonds. The molecular formula is C25H38N2O5S. The fraction of sp³-hybridized carbons (Fsp3) is 0.720. The minimum absolute atomic E-state index is 0.0315. The zero-order valence-corrected chi connectivity index (χ0v) is 20.7. The van der Waals surface area contributed by atoms with Gasteiger partial charge in [0.05, 0.1) is 29.8 Å². The van der Waals surface area contributed by atoms with Crippen molar-refractivity contribution < 1.29 is 24.2 Å². The van der Waals surface area contributed by atoms with E-state index >= 15 is 0 Å². The molecule has 8 heteroatoms. The van der Waals surface area contributed by atoms with E-state index < -0.39 is 22.6 Å². The van der Waals surface area contributed by atoms with Crippen LogP contribution in [0.5, 0.6) is 0 Å². The molecule has 1 spiro atoms. The summed E-state index contributed by atoms with van der Waals surface area (Å²) >= 11 is 1.63. The molecule has 1 N–H and O–H groups in total. The predicted octanol–water partition coefficient (Wildman–Crippen LogP) is 2.64. The van der Waals surface area contributed by atoms with Gasteiger partial charge in [0.1, 0.15) is 6.04 Å². The van der Waals surface area contributed by atoms with E-state index in [0.717, 1.165) is 25.7 Å². The number of esters is 1. The molecule has 3 unspecified atom stereocenters. The lowest BCUT2D eigenvalue weighted by Crippen LogP contribution is -2.57. The molecule has 184 valence electrons. The second kappa shape index (κ2) is 11.1. The summed E-state index contributed by atoms with van der Waals surface area (Å²) in [6, 6.07) is -0.692. The van der Waals surface area contributed by atoms with Crippen LogP contribution in [0.25, 0.3) is 0 Å². The highest BCUT2D eigenvalue weighted by Gasteiger charge is 2.76. The molecule has 0 aromatic carbocycles. The summed E-state index contributed by atoms with van der Waals surface area (Å²) in [5, 5.41) is 9.69. The molecule has 7 nitrogen and oxygen atoms in total. The molecule has 3 rings (SSSR count). The van der Waals surface area contributed by atoms with Crippen LogP contribution >= 0.6 is 11.8 Å². The van der Waals surface area contributed by atoms with Crippen molar-refractivity contribution in [1.29, 1.82) is 0 Å². The summed E-state index contributed by atoms with van der Waals surface area (Å²) in [6.07, 6.45) is 7.54. The number of aliphatic hydroxyl groups is 1. The van der Waals surface area contributed by atoms with Gasteiger partial charge in [-0.15, -0.1) is 24.9 Å². The van der Waals surface area contributed by atoms with Gasteiger partial charge in [-0.25, -0.2) is 0 Å². The molecule has 0 radical (unpaired) electrons. The van der Waals surface area contributed by atoms with E-state index in [0.29, 0.717) is 26.1 Å². The number of carbonyl (C=O) groups is 3. The Kier molecular flexibility index (Phi) is 8.67. The Bertz CT molecular complexity index is 774. The number of nitrogens with zero attached hydrogens (tertiary/aromatic N) is 2. The van der Waals surface area contributed by atoms with E-state index in [2.05, 4.69) is 27.0 Å². The van der Waals surface area contributed by atoms with Gasteiger partial charge in [0, 0.05) is 24.9 Å². The van der Waals surface area contributed by atoms with E-state index in [-0.39, 0.29) is 42.1 Å². The number of hydrogen-bond donors (Lipinski definition) is 1. The van der Waals surface area contributed by atoms with Gasteiger partial charge in [-0.2, -0.15) is 0 Å². The van der Waals surface area contributed by atoms with Crippen molar-refractivity contribution in [1.82, 2.24) is 9.80 Å². The van der Waals surface area contributed by atoms with Gasteiger partial charge in [-0.3, -0.25) is 14.4 Å². The van der Waals surface area contributed by atoms with Crippen LogP contribution < -0.4 is 0 Å². The average Bonchev–Trinajstić information content (AvgIpc) is 3.38. The molecular weight excluding hydrogens is 440 g/mol. The monoisotopic (exact) mass is 478 g/mol. The first-order valence-electron chi connectivity index (χ1n) is 12.1. The lowest BCUT2D eigenvalue weighted by Gasteiger charge is -2.40. The van der Waals surface area contributed by atoms with E-state index in [1.807, 2.05) is 0 Å². The molecule has 3 aliphatic heterocycles. The van der Waals surface area contributed by atoms with Gasteiger partial charge in [-0.05, 0) is 31.6 Å². The first kappa shape index (κ1) is 25.8. The number of unbranched alkanes of at least 4 members (excludes halogenated alkanes) is 2. The van der Waals surface area contributed by atoms with E-state index in [9.17, 15) is 19.5 Å². The van der Waals surface area contributed by atoms with Crippen molar-refractivity contribution in [2.45, 2.75) is 62.0 Å². The number of aliphatic hydroxyl groups excluding tert-OH is 1. The predicted molar refractivity (Wildman–Crippen MR) is 130 cm³/mol. The minimum Gasteiger partial charge on any atom is -0.465 e. The van der Waals surface area contributed by atoms with Gasteiger partial charge in [-0.1, -0.05) is 32.4 Å². The molecule has 2 bridgehead atoms. The van der Waals surface area contributed by atoms with Gasteiger partial charge in [0.15, 0.2) is 0 Å². The maximum atomic E-state index is 13.9. The Morgan fingerprint density at radius 2 is 2.09 bits per heavy atom. The van der Waals surface area contributed by atoms with Crippen LogP contribution in [-0.2, 0) is 19.1 Å². The molecule has 3 aliphatic rings. The Labute approximate surface area is 201 Å². The highest BCUT2D eigenvalue weighted by atomic mass is 32.2. The maximum absolute atomic E-state index is 13.9. The fourth-order valence-electron chi connectivity index (χ4n) is 5.88. The number of ether oxygens (including phenoxy) is 1. The van der Waals surface area contributed by atoms with E-state index in [4.69, 9.17) is 4.74 Å². The third-order valence-electron chi connectivity index (χ3n) is 7.33. The van der Waals surface area contributed by atoms with Crippen LogP contribution in [0.2, 0.25) is 0 Å². The Balaban J connectivity index is 1.94. The van der Waals surface area contributed by atoms with Crippen LogP contribution in [0.15, 0.2) is 25.3 Å². The summed E-state index contributed by atoms with van der Waals surface area (Å²) in [4.78, 5) is 44.1. The number of thioether (sulfide) groups is 1. The summed E-state index contributed by atoms with van der Waals surface area (Å²) < 4.78 is 4.89.